The summed E-state index contributed by atoms with van der Waals surface area (Å²) in [7, 11) is 0. The maximum Gasteiger partial charge on any atom is 0.329 e. The van der Waals surface area contributed by atoms with Gasteiger partial charge in [0.05, 0.1) is 0 Å². The Morgan fingerprint density at radius 1 is 0.857 bits per heavy atom. The summed E-state index contributed by atoms with van der Waals surface area (Å²) in [6, 6.07) is 17.3. The standard InChI is InChI=1S/C29H34N2O4/c32-26(30-19-29-15-21-11-22(16-29)13-23(12-21)17-29)18-35-28(34)25(14-20-7-3-1-4-8-20)31-27(33)24-9-5-2-6-10-24/h1-10,21-23,25H,11-19H2,(H,30,32)(H,31,33). The third-order valence-corrected chi connectivity index (χ3v) is 8.08. The molecule has 0 spiro atoms. The van der Waals surface area contributed by atoms with Crippen LogP contribution in [0.5, 0.6) is 0 Å². The van der Waals surface area contributed by atoms with Gasteiger partial charge in [0.25, 0.3) is 11.8 Å². The lowest BCUT2D eigenvalue weighted by atomic mass is 9.49. The second-order valence-electron chi connectivity index (χ2n) is 10.9. The number of hydrogen-bond donors (Lipinski definition) is 2. The number of nitrogens with one attached hydrogen (secondary N) is 2. The minimum Gasteiger partial charge on any atom is -0.454 e. The van der Waals surface area contributed by atoms with Crippen LogP contribution in [0.3, 0.4) is 0 Å². The minimum absolute atomic E-state index is 0.230. The Morgan fingerprint density at radius 3 is 2.03 bits per heavy atom. The van der Waals surface area contributed by atoms with E-state index in [2.05, 4.69) is 10.6 Å². The molecule has 0 radical (unpaired) electrons. The molecule has 6 rings (SSSR count). The molecule has 4 saturated carbocycles. The Labute approximate surface area is 206 Å². The number of rotatable bonds is 9. The Morgan fingerprint density at radius 2 is 1.43 bits per heavy atom. The zero-order chi connectivity index (χ0) is 24.3. The smallest absolute Gasteiger partial charge is 0.329 e. The first kappa shape index (κ1) is 23.6. The summed E-state index contributed by atoms with van der Waals surface area (Å²) >= 11 is 0. The molecule has 6 heteroatoms. The molecule has 4 aliphatic rings. The topological polar surface area (TPSA) is 84.5 Å². The van der Waals surface area contributed by atoms with Gasteiger partial charge < -0.3 is 15.4 Å². The molecule has 2 aromatic rings. The van der Waals surface area contributed by atoms with Crippen molar-refractivity contribution in [1.29, 1.82) is 0 Å². The highest BCUT2D eigenvalue weighted by molar-refractivity contribution is 5.97. The average molecular weight is 475 g/mol. The molecule has 35 heavy (non-hydrogen) atoms. The normalized spacial score (nSPS) is 27.1. The Bertz CT molecular complexity index is 1020. The van der Waals surface area contributed by atoms with E-state index in [1.807, 2.05) is 36.4 Å². The van der Waals surface area contributed by atoms with Crippen LogP contribution in [0.25, 0.3) is 0 Å². The van der Waals surface area contributed by atoms with E-state index < -0.39 is 12.0 Å². The fourth-order valence-corrected chi connectivity index (χ4v) is 6.96. The maximum atomic E-state index is 12.9. The first-order valence-electron chi connectivity index (χ1n) is 12.8. The van der Waals surface area contributed by atoms with Crippen molar-refractivity contribution in [3.63, 3.8) is 0 Å². The number of carbonyl (C=O) groups is 3. The maximum absolute atomic E-state index is 12.9. The molecule has 2 amide bonds. The molecule has 4 bridgehead atoms. The lowest BCUT2D eigenvalue weighted by Crippen LogP contribution is -2.51. The van der Waals surface area contributed by atoms with Gasteiger partial charge in [0.1, 0.15) is 6.04 Å². The molecule has 1 atom stereocenters. The first-order chi connectivity index (χ1) is 17.0. The summed E-state index contributed by atoms with van der Waals surface area (Å²) in [6.45, 7) is 0.336. The number of carbonyl (C=O) groups excluding carboxylic acids is 3. The molecule has 4 aliphatic carbocycles. The molecule has 0 saturated heterocycles. The van der Waals surface area contributed by atoms with Gasteiger partial charge in [-0.05, 0) is 79.4 Å². The zero-order valence-electron chi connectivity index (χ0n) is 20.1. The minimum atomic E-state index is -0.888. The molecule has 0 heterocycles. The lowest BCUT2D eigenvalue weighted by Gasteiger charge is -2.56. The van der Waals surface area contributed by atoms with Crippen molar-refractivity contribution in [1.82, 2.24) is 10.6 Å². The van der Waals surface area contributed by atoms with Crippen LogP contribution in [0.15, 0.2) is 60.7 Å². The van der Waals surface area contributed by atoms with Gasteiger partial charge in [0.2, 0.25) is 0 Å². The van der Waals surface area contributed by atoms with E-state index in [9.17, 15) is 14.4 Å². The molecule has 2 N–H and O–H groups in total. The predicted octanol–water partition coefficient (Wildman–Crippen LogP) is 3.90. The number of amides is 2. The second kappa shape index (κ2) is 10.2. The van der Waals surface area contributed by atoms with E-state index in [1.165, 1.54) is 38.5 Å². The van der Waals surface area contributed by atoms with E-state index in [1.54, 1.807) is 24.3 Å². The number of hydrogen-bond acceptors (Lipinski definition) is 4. The van der Waals surface area contributed by atoms with Crippen molar-refractivity contribution in [3.8, 4) is 0 Å². The fourth-order valence-electron chi connectivity index (χ4n) is 6.96. The van der Waals surface area contributed by atoms with E-state index in [0.717, 1.165) is 23.3 Å². The highest BCUT2D eigenvalue weighted by Gasteiger charge is 2.50. The molecule has 0 aliphatic heterocycles. The molecular formula is C29H34N2O4. The van der Waals surface area contributed by atoms with Gasteiger partial charge in [-0.3, -0.25) is 9.59 Å². The third kappa shape index (κ3) is 5.75. The highest BCUT2D eigenvalue weighted by atomic mass is 16.5. The Hall–Kier alpha value is -3.15. The van der Waals surface area contributed by atoms with Crippen LogP contribution in [0.2, 0.25) is 0 Å². The average Bonchev–Trinajstić information content (AvgIpc) is 2.86. The Balaban J connectivity index is 1.16. The quantitative estimate of drug-likeness (QED) is 0.540. The van der Waals surface area contributed by atoms with E-state index in [0.29, 0.717) is 12.1 Å². The molecular weight excluding hydrogens is 440 g/mol. The van der Waals surface area contributed by atoms with Crippen molar-refractivity contribution >= 4 is 17.8 Å². The predicted molar refractivity (Wildman–Crippen MR) is 132 cm³/mol. The molecule has 4 fully saturated rings. The van der Waals surface area contributed by atoms with Crippen LogP contribution < -0.4 is 10.6 Å². The van der Waals surface area contributed by atoms with Gasteiger partial charge in [-0.15, -0.1) is 0 Å². The number of esters is 1. The highest BCUT2D eigenvalue weighted by Crippen LogP contribution is 2.59. The van der Waals surface area contributed by atoms with E-state index in [4.69, 9.17) is 4.74 Å². The van der Waals surface area contributed by atoms with Crippen molar-refractivity contribution in [2.45, 2.75) is 51.0 Å². The van der Waals surface area contributed by atoms with Gasteiger partial charge in [-0.1, -0.05) is 48.5 Å². The number of ether oxygens (including phenoxy) is 1. The molecule has 184 valence electrons. The van der Waals surface area contributed by atoms with Gasteiger partial charge in [-0.25, -0.2) is 4.79 Å². The zero-order valence-corrected chi connectivity index (χ0v) is 20.1. The van der Waals surface area contributed by atoms with E-state index >= 15 is 0 Å². The van der Waals surface area contributed by atoms with Crippen LogP contribution >= 0.6 is 0 Å². The molecule has 6 nitrogen and oxygen atoms in total. The fraction of sp³-hybridized carbons (Fsp3) is 0.483. The SMILES string of the molecule is O=C(COC(=O)C(Cc1ccccc1)NC(=O)c1ccccc1)NCC12CC3CC(CC(C3)C1)C2. The van der Waals surface area contributed by atoms with Crippen molar-refractivity contribution in [2.75, 3.05) is 13.2 Å². The van der Waals surface area contributed by atoms with Gasteiger partial charge in [-0.2, -0.15) is 0 Å². The van der Waals surface area contributed by atoms with E-state index in [-0.39, 0.29) is 30.3 Å². The van der Waals surface area contributed by atoms with Crippen molar-refractivity contribution in [2.24, 2.45) is 23.2 Å². The summed E-state index contributed by atoms with van der Waals surface area (Å²) in [5.41, 5.74) is 1.59. The third-order valence-electron chi connectivity index (χ3n) is 8.08. The molecule has 1 unspecified atom stereocenters. The molecule has 2 aromatic carbocycles. The van der Waals surface area contributed by atoms with Crippen molar-refractivity contribution < 1.29 is 19.1 Å². The van der Waals surface area contributed by atoms with Crippen LogP contribution in [-0.4, -0.2) is 37.0 Å². The van der Waals surface area contributed by atoms with Crippen LogP contribution in [0.4, 0.5) is 0 Å². The van der Waals surface area contributed by atoms with Crippen LogP contribution in [-0.2, 0) is 20.7 Å². The summed E-state index contributed by atoms with van der Waals surface area (Å²) < 4.78 is 5.38. The van der Waals surface area contributed by atoms with Crippen molar-refractivity contribution in [3.05, 3.63) is 71.8 Å². The van der Waals surface area contributed by atoms with Gasteiger partial charge >= 0.3 is 5.97 Å². The monoisotopic (exact) mass is 474 g/mol. The lowest BCUT2D eigenvalue weighted by molar-refractivity contribution is -0.150. The summed E-state index contributed by atoms with van der Waals surface area (Å²) in [5, 5.41) is 5.83. The Kier molecular flexibility index (Phi) is 6.89. The molecule has 0 aromatic heterocycles. The summed E-state index contributed by atoms with van der Waals surface area (Å²) in [4.78, 5) is 38.2. The number of benzene rings is 2. The van der Waals surface area contributed by atoms with Crippen LogP contribution in [0, 0.1) is 23.2 Å². The van der Waals surface area contributed by atoms with Gasteiger partial charge in [0.15, 0.2) is 6.61 Å². The van der Waals surface area contributed by atoms with Crippen LogP contribution in [0.1, 0.15) is 54.4 Å². The first-order valence-corrected chi connectivity index (χ1v) is 12.8. The summed E-state index contributed by atoms with van der Waals surface area (Å²) in [6.07, 6.45) is 8.01. The second-order valence-corrected chi connectivity index (χ2v) is 10.9. The largest absolute Gasteiger partial charge is 0.454 e. The summed E-state index contributed by atoms with van der Waals surface area (Å²) in [5.74, 6) is 1.23. The van der Waals surface area contributed by atoms with Gasteiger partial charge in [0, 0.05) is 18.5 Å².